The molecule has 0 saturated carbocycles. The first-order chi connectivity index (χ1) is 12.8. The zero-order valence-electron chi connectivity index (χ0n) is 15.8. The van der Waals surface area contributed by atoms with E-state index in [0.29, 0.717) is 19.5 Å². The SMILES string of the molecule is CCc1cccc(C)c1NC(=O)CCNCCc1ccc(S(N)(=O)=O)cc1. The van der Waals surface area contributed by atoms with Gasteiger partial charge in [-0.3, -0.25) is 4.79 Å². The second-order valence-corrected chi connectivity index (χ2v) is 8.01. The summed E-state index contributed by atoms with van der Waals surface area (Å²) in [5.74, 6) is -0.0102. The maximum Gasteiger partial charge on any atom is 0.238 e. The van der Waals surface area contributed by atoms with Crippen molar-refractivity contribution in [3.63, 3.8) is 0 Å². The van der Waals surface area contributed by atoms with Gasteiger partial charge in [-0.25, -0.2) is 13.6 Å². The van der Waals surface area contributed by atoms with Crippen LogP contribution in [0.15, 0.2) is 47.4 Å². The zero-order valence-corrected chi connectivity index (χ0v) is 16.6. The Morgan fingerprint density at radius 2 is 1.78 bits per heavy atom. The molecule has 146 valence electrons. The van der Waals surface area contributed by atoms with Gasteiger partial charge in [0.05, 0.1) is 4.90 Å². The van der Waals surface area contributed by atoms with Crippen LogP contribution in [0.4, 0.5) is 5.69 Å². The number of hydrogen-bond donors (Lipinski definition) is 3. The van der Waals surface area contributed by atoms with E-state index < -0.39 is 10.0 Å². The van der Waals surface area contributed by atoms with Gasteiger partial charge in [-0.15, -0.1) is 0 Å². The number of rotatable bonds is 9. The van der Waals surface area contributed by atoms with Crippen molar-refractivity contribution in [2.24, 2.45) is 5.14 Å². The van der Waals surface area contributed by atoms with Crippen molar-refractivity contribution in [2.45, 2.75) is 38.0 Å². The molecule has 0 fully saturated rings. The fraction of sp³-hybridized carbons (Fsp3) is 0.350. The first-order valence-corrected chi connectivity index (χ1v) is 10.6. The average Bonchev–Trinajstić information content (AvgIpc) is 2.62. The fourth-order valence-corrected chi connectivity index (χ4v) is 3.32. The molecule has 0 atom stereocenters. The van der Waals surface area contributed by atoms with Gasteiger partial charge in [-0.05, 0) is 55.1 Å². The smallest absolute Gasteiger partial charge is 0.238 e. The summed E-state index contributed by atoms with van der Waals surface area (Å²) in [6, 6.07) is 12.5. The summed E-state index contributed by atoms with van der Waals surface area (Å²) in [7, 11) is -3.65. The van der Waals surface area contributed by atoms with Crippen LogP contribution >= 0.6 is 0 Å². The Kier molecular flexibility index (Phi) is 7.53. The van der Waals surface area contributed by atoms with Crippen LogP contribution in [0.3, 0.4) is 0 Å². The number of carbonyl (C=O) groups excluding carboxylic acids is 1. The molecule has 1 amide bonds. The Bertz CT molecular complexity index is 878. The number of hydrogen-bond acceptors (Lipinski definition) is 4. The van der Waals surface area contributed by atoms with Crippen molar-refractivity contribution in [2.75, 3.05) is 18.4 Å². The average molecular weight is 390 g/mol. The van der Waals surface area contributed by atoms with E-state index in [2.05, 4.69) is 17.6 Å². The summed E-state index contributed by atoms with van der Waals surface area (Å²) >= 11 is 0. The lowest BCUT2D eigenvalue weighted by Gasteiger charge is -2.13. The highest BCUT2D eigenvalue weighted by atomic mass is 32.2. The quantitative estimate of drug-likeness (QED) is 0.573. The molecule has 0 unspecified atom stereocenters. The molecule has 0 aliphatic carbocycles. The van der Waals surface area contributed by atoms with E-state index in [0.717, 1.165) is 35.2 Å². The predicted molar refractivity (Wildman–Crippen MR) is 108 cm³/mol. The minimum absolute atomic E-state index is 0.0102. The van der Waals surface area contributed by atoms with Crippen molar-refractivity contribution in [3.05, 3.63) is 59.2 Å². The molecule has 0 aromatic heterocycles. The molecule has 2 rings (SSSR count). The van der Waals surface area contributed by atoms with Gasteiger partial charge >= 0.3 is 0 Å². The summed E-state index contributed by atoms with van der Waals surface area (Å²) in [5, 5.41) is 11.3. The highest BCUT2D eigenvalue weighted by Crippen LogP contribution is 2.21. The van der Waals surface area contributed by atoms with Crippen molar-refractivity contribution in [1.29, 1.82) is 0 Å². The van der Waals surface area contributed by atoms with Gasteiger partial charge in [0, 0.05) is 18.7 Å². The van der Waals surface area contributed by atoms with Gasteiger partial charge < -0.3 is 10.6 Å². The number of anilines is 1. The first-order valence-electron chi connectivity index (χ1n) is 9.02. The highest BCUT2D eigenvalue weighted by molar-refractivity contribution is 7.89. The zero-order chi connectivity index (χ0) is 19.9. The van der Waals surface area contributed by atoms with Crippen LogP contribution in [-0.4, -0.2) is 27.4 Å². The van der Waals surface area contributed by atoms with Crippen LogP contribution in [0, 0.1) is 6.92 Å². The van der Waals surface area contributed by atoms with Gasteiger partial charge in [-0.1, -0.05) is 37.3 Å². The topological polar surface area (TPSA) is 101 Å². The number of para-hydroxylation sites is 1. The Hall–Kier alpha value is -2.22. The molecule has 0 aliphatic rings. The third kappa shape index (κ3) is 6.46. The maximum absolute atomic E-state index is 12.2. The molecule has 4 N–H and O–H groups in total. The summed E-state index contributed by atoms with van der Waals surface area (Å²) in [4.78, 5) is 12.3. The standard InChI is InChI=1S/C20H27N3O3S/c1-3-17-6-4-5-15(2)20(17)23-19(24)12-14-22-13-11-16-7-9-18(10-8-16)27(21,25)26/h4-10,22H,3,11-14H2,1-2H3,(H,23,24)(H2,21,25,26). The minimum atomic E-state index is -3.65. The van der Waals surface area contributed by atoms with Crippen LogP contribution in [0.1, 0.15) is 30.0 Å². The van der Waals surface area contributed by atoms with Gasteiger partial charge in [0.15, 0.2) is 0 Å². The van der Waals surface area contributed by atoms with E-state index in [4.69, 9.17) is 5.14 Å². The summed E-state index contributed by atoms with van der Waals surface area (Å²) in [6.07, 6.45) is 2.01. The molecular formula is C20H27N3O3S. The number of aryl methyl sites for hydroxylation is 2. The lowest BCUT2D eigenvalue weighted by Crippen LogP contribution is -2.24. The molecule has 27 heavy (non-hydrogen) atoms. The molecule has 0 saturated heterocycles. The molecule has 0 radical (unpaired) electrons. The van der Waals surface area contributed by atoms with Gasteiger partial charge in [-0.2, -0.15) is 0 Å². The molecular weight excluding hydrogens is 362 g/mol. The maximum atomic E-state index is 12.2. The van der Waals surface area contributed by atoms with Crippen LogP contribution < -0.4 is 15.8 Å². The molecule has 0 aliphatic heterocycles. The third-order valence-electron chi connectivity index (χ3n) is 4.38. The third-order valence-corrected chi connectivity index (χ3v) is 5.30. The van der Waals surface area contributed by atoms with E-state index in [1.807, 2.05) is 25.1 Å². The minimum Gasteiger partial charge on any atom is -0.326 e. The number of nitrogens with two attached hydrogens (primary N) is 1. The number of nitrogens with one attached hydrogen (secondary N) is 2. The predicted octanol–water partition coefficient (Wildman–Crippen LogP) is 2.37. The normalized spacial score (nSPS) is 11.4. The van der Waals surface area contributed by atoms with Gasteiger partial charge in [0.1, 0.15) is 0 Å². The molecule has 2 aromatic rings. The van der Waals surface area contributed by atoms with Crippen molar-refractivity contribution in [3.8, 4) is 0 Å². The number of primary sulfonamides is 1. The van der Waals surface area contributed by atoms with E-state index >= 15 is 0 Å². The first kappa shape index (κ1) is 21.1. The largest absolute Gasteiger partial charge is 0.326 e. The van der Waals surface area contributed by atoms with Gasteiger partial charge in [0.2, 0.25) is 15.9 Å². The Labute approximate surface area is 161 Å². The van der Waals surface area contributed by atoms with Crippen LogP contribution in [0.2, 0.25) is 0 Å². The number of sulfonamides is 1. The lowest BCUT2D eigenvalue weighted by atomic mass is 10.1. The molecule has 0 heterocycles. The monoisotopic (exact) mass is 389 g/mol. The molecule has 0 bridgehead atoms. The van der Waals surface area contributed by atoms with E-state index in [1.54, 1.807) is 12.1 Å². The summed E-state index contributed by atoms with van der Waals surface area (Å²) < 4.78 is 22.5. The summed E-state index contributed by atoms with van der Waals surface area (Å²) in [5.41, 5.74) is 4.13. The van der Waals surface area contributed by atoms with E-state index in [-0.39, 0.29) is 10.8 Å². The second kappa shape index (κ2) is 9.64. The van der Waals surface area contributed by atoms with Crippen LogP contribution in [-0.2, 0) is 27.7 Å². The molecule has 6 nitrogen and oxygen atoms in total. The summed E-state index contributed by atoms with van der Waals surface area (Å²) in [6.45, 7) is 5.34. The number of amides is 1. The molecule has 2 aromatic carbocycles. The van der Waals surface area contributed by atoms with Crippen LogP contribution in [0.25, 0.3) is 0 Å². The van der Waals surface area contributed by atoms with Crippen molar-refractivity contribution >= 4 is 21.6 Å². The lowest BCUT2D eigenvalue weighted by molar-refractivity contribution is -0.116. The Morgan fingerprint density at radius 3 is 2.41 bits per heavy atom. The number of carbonyl (C=O) groups is 1. The highest BCUT2D eigenvalue weighted by Gasteiger charge is 2.09. The molecule has 7 heteroatoms. The fourth-order valence-electron chi connectivity index (χ4n) is 2.81. The van der Waals surface area contributed by atoms with Gasteiger partial charge in [0.25, 0.3) is 0 Å². The number of benzene rings is 2. The van der Waals surface area contributed by atoms with Crippen LogP contribution in [0.5, 0.6) is 0 Å². The van der Waals surface area contributed by atoms with E-state index in [1.165, 1.54) is 12.1 Å². The second-order valence-electron chi connectivity index (χ2n) is 6.45. The molecule has 0 spiro atoms. The van der Waals surface area contributed by atoms with Crippen molar-refractivity contribution < 1.29 is 13.2 Å². The Morgan fingerprint density at radius 1 is 1.07 bits per heavy atom. The van der Waals surface area contributed by atoms with E-state index in [9.17, 15) is 13.2 Å². The Balaban J connectivity index is 1.73. The van der Waals surface area contributed by atoms with Crippen molar-refractivity contribution in [1.82, 2.24) is 5.32 Å².